The summed E-state index contributed by atoms with van der Waals surface area (Å²) in [5.74, 6) is -1.79. The largest absolute Gasteiger partial charge is 0.480 e. The van der Waals surface area contributed by atoms with Crippen LogP contribution < -0.4 is 15.5 Å². The van der Waals surface area contributed by atoms with Gasteiger partial charge in [-0.15, -0.1) is 0 Å². The topological polar surface area (TPSA) is 136 Å². The lowest BCUT2D eigenvalue weighted by Gasteiger charge is -2.32. The van der Waals surface area contributed by atoms with Gasteiger partial charge in [-0.2, -0.15) is 0 Å². The second-order valence-corrected chi connectivity index (χ2v) is 13.9. The first kappa shape index (κ1) is 37.3. The third-order valence-corrected chi connectivity index (χ3v) is 10.3. The van der Waals surface area contributed by atoms with Crippen LogP contribution in [0.1, 0.15) is 81.9 Å². The molecule has 5 rings (SSSR count). The molecule has 1 heterocycles. The highest BCUT2D eigenvalue weighted by molar-refractivity contribution is 6.03. The van der Waals surface area contributed by atoms with E-state index in [1.807, 2.05) is 79.7 Å². The highest BCUT2D eigenvalue weighted by atomic mass is 16.4. The summed E-state index contributed by atoms with van der Waals surface area (Å²) >= 11 is 0. The van der Waals surface area contributed by atoms with Crippen LogP contribution in [0.25, 0.3) is 0 Å². The summed E-state index contributed by atoms with van der Waals surface area (Å²) in [4.78, 5) is 69.0. The number of benzene rings is 3. The number of carbonyl (C=O) groups excluding carboxylic acids is 4. The van der Waals surface area contributed by atoms with E-state index in [9.17, 15) is 29.1 Å². The number of hydrogen-bond donors (Lipinski definition) is 3. The molecule has 270 valence electrons. The Bertz CT molecular complexity index is 1660. The molecule has 51 heavy (non-hydrogen) atoms. The maximum Gasteiger partial charge on any atom is 0.326 e. The second kappa shape index (κ2) is 17.3. The lowest BCUT2D eigenvalue weighted by atomic mass is 9.81. The van der Waals surface area contributed by atoms with Crippen molar-refractivity contribution in [2.75, 3.05) is 11.4 Å². The summed E-state index contributed by atoms with van der Waals surface area (Å²) < 4.78 is 0. The predicted octanol–water partition coefficient (Wildman–Crippen LogP) is 5.43. The maximum absolute atomic E-state index is 14.4. The molecule has 0 aromatic heterocycles. The number of aryl methyl sites for hydroxylation is 1. The van der Waals surface area contributed by atoms with E-state index in [2.05, 4.69) is 10.6 Å². The number of carboxylic acids is 1. The Balaban J connectivity index is 1.38. The van der Waals surface area contributed by atoms with Gasteiger partial charge in [-0.3, -0.25) is 24.1 Å². The van der Waals surface area contributed by atoms with E-state index in [0.717, 1.165) is 24.0 Å². The van der Waals surface area contributed by atoms with Crippen LogP contribution in [0.3, 0.4) is 0 Å². The van der Waals surface area contributed by atoms with Crippen LogP contribution in [0, 0.1) is 5.41 Å². The molecule has 4 amide bonds. The molecule has 0 bridgehead atoms. The fraction of sp³-hybridized carbons (Fsp3) is 0.439. The first-order valence-corrected chi connectivity index (χ1v) is 18.2. The summed E-state index contributed by atoms with van der Waals surface area (Å²) in [5, 5.41) is 15.7. The van der Waals surface area contributed by atoms with E-state index >= 15 is 0 Å². The van der Waals surface area contributed by atoms with E-state index in [1.165, 1.54) is 6.92 Å². The normalized spacial score (nSPS) is 18.7. The van der Waals surface area contributed by atoms with Crippen LogP contribution in [0.4, 0.5) is 5.69 Å². The SMILES string of the molecule is CCCC(=O)N1C(CCc2ccccc2)N(c2ccc(CC(NC(=O)C3(CCNC(C)=O)CCCC3)C(=O)O)cc2)C(=O)[C@H]1Cc1ccccc1. The minimum absolute atomic E-state index is 0.0545. The number of carbonyl (C=O) groups is 5. The van der Waals surface area contributed by atoms with Gasteiger partial charge in [0.25, 0.3) is 5.91 Å². The van der Waals surface area contributed by atoms with Gasteiger partial charge in [-0.05, 0) is 67.3 Å². The van der Waals surface area contributed by atoms with Crippen LogP contribution in [-0.4, -0.2) is 64.4 Å². The molecule has 0 radical (unpaired) electrons. The molecule has 2 unspecified atom stereocenters. The van der Waals surface area contributed by atoms with Gasteiger partial charge in [0.2, 0.25) is 17.7 Å². The fourth-order valence-electron chi connectivity index (χ4n) is 7.63. The Labute approximate surface area is 300 Å². The Morgan fingerprint density at radius 2 is 1.51 bits per heavy atom. The van der Waals surface area contributed by atoms with Crippen molar-refractivity contribution >= 4 is 35.3 Å². The van der Waals surface area contributed by atoms with Gasteiger partial charge >= 0.3 is 5.97 Å². The van der Waals surface area contributed by atoms with Crippen molar-refractivity contribution < 1.29 is 29.1 Å². The van der Waals surface area contributed by atoms with Gasteiger partial charge in [0.05, 0.1) is 5.41 Å². The molecular formula is C41H50N4O6. The highest BCUT2D eigenvalue weighted by Crippen LogP contribution is 2.41. The Hall–Kier alpha value is -4.99. The van der Waals surface area contributed by atoms with Crippen LogP contribution in [0.5, 0.6) is 0 Å². The molecule has 1 saturated heterocycles. The van der Waals surface area contributed by atoms with E-state index in [1.54, 1.807) is 21.9 Å². The third kappa shape index (κ3) is 9.22. The molecule has 10 nitrogen and oxygen atoms in total. The Morgan fingerprint density at radius 3 is 2.10 bits per heavy atom. The van der Waals surface area contributed by atoms with Crippen LogP contribution >= 0.6 is 0 Å². The van der Waals surface area contributed by atoms with E-state index < -0.39 is 29.6 Å². The average molecular weight is 695 g/mol. The fourth-order valence-corrected chi connectivity index (χ4v) is 7.63. The van der Waals surface area contributed by atoms with Gasteiger partial charge in [0.15, 0.2) is 0 Å². The lowest BCUT2D eigenvalue weighted by Crippen LogP contribution is -2.49. The zero-order valence-corrected chi connectivity index (χ0v) is 29.7. The first-order valence-electron chi connectivity index (χ1n) is 18.2. The van der Waals surface area contributed by atoms with E-state index in [-0.39, 0.29) is 30.0 Å². The molecule has 3 N–H and O–H groups in total. The zero-order chi connectivity index (χ0) is 36.4. The van der Waals surface area contributed by atoms with Crippen molar-refractivity contribution in [1.29, 1.82) is 0 Å². The number of hydrogen-bond acceptors (Lipinski definition) is 5. The van der Waals surface area contributed by atoms with Gasteiger partial charge in [-0.1, -0.05) is 92.6 Å². The molecule has 3 aromatic carbocycles. The second-order valence-electron chi connectivity index (χ2n) is 13.9. The minimum atomic E-state index is -1.15. The number of aliphatic carboxylic acids is 1. The van der Waals surface area contributed by atoms with Crippen molar-refractivity contribution in [2.24, 2.45) is 5.41 Å². The molecule has 3 atom stereocenters. The number of rotatable bonds is 16. The lowest BCUT2D eigenvalue weighted by molar-refractivity contribution is -0.144. The smallest absolute Gasteiger partial charge is 0.326 e. The minimum Gasteiger partial charge on any atom is -0.480 e. The molecule has 0 spiro atoms. The first-order chi connectivity index (χ1) is 24.6. The molecule has 2 fully saturated rings. The monoisotopic (exact) mass is 694 g/mol. The van der Waals surface area contributed by atoms with Gasteiger partial charge in [-0.25, -0.2) is 4.79 Å². The van der Waals surface area contributed by atoms with E-state index in [4.69, 9.17) is 0 Å². The standard InChI is InChI=1S/C41H50N4O6/c1-3-12-37(47)45-35(28-31-15-8-5-9-16-31)38(48)44(36(45)22-19-30-13-6-4-7-14-30)33-20-17-32(18-21-33)27-34(39(49)50)43-40(51)41(23-10-11-24-41)25-26-42-29(2)46/h4-9,13-18,20-21,34-36H,3,10-12,19,22-28H2,1-2H3,(H,42,46)(H,43,51)(H,49,50)/t34?,35-,36?/m1/s1. The third-order valence-electron chi connectivity index (χ3n) is 10.3. The van der Waals surface area contributed by atoms with Crippen molar-refractivity contribution in [3.63, 3.8) is 0 Å². The summed E-state index contributed by atoms with van der Waals surface area (Å²) in [6.45, 7) is 3.75. The molecule has 1 aliphatic heterocycles. The van der Waals surface area contributed by atoms with Crippen LogP contribution in [-0.2, 0) is 43.2 Å². The molecule has 3 aromatic rings. The molecule has 2 aliphatic rings. The number of nitrogens with one attached hydrogen (secondary N) is 2. The maximum atomic E-state index is 14.4. The number of carboxylic acid groups (broad SMARTS) is 1. The van der Waals surface area contributed by atoms with Crippen molar-refractivity contribution in [3.8, 4) is 0 Å². The Morgan fingerprint density at radius 1 is 0.882 bits per heavy atom. The van der Waals surface area contributed by atoms with Crippen LogP contribution in [0.15, 0.2) is 84.9 Å². The average Bonchev–Trinajstić information content (AvgIpc) is 3.71. The Kier molecular flexibility index (Phi) is 12.6. The summed E-state index contributed by atoms with van der Waals surface area (Å²) in [5.41, 5.74) is 2.71. The van der Waals surface area contributed by atoms with Gasteiger partial charge in [0.1, 0.15) is 18.2 Å². The number of amides is 4. The number of nitrogens with zero attached hydrogens (tertiary/aromatic N) is 2. The van der Waals surface area contributed by atoms with E-state index in [0.29, 0.717) is 69.2 Å². The summed E-state index contributed by atoms with van der Waals surface area (Å²) in [6, 6.07) is 25.2. The number of anilines is 1. The van der Waals surface area contributed by atoms with Gasteiger partial charge in [0, 0.05) is 38.4 Å². The quantitative estimate of drug-likeness (QED) is 0.183. The predicted molar refractivity (Wildman–Crippen MR) is 196 cm³/mol. The molecule has 10 heteroatoms. The van der Waals surface area contributed by atoms with Crippen molar-refractivity contribution in [1.82, 2.24) is 15.5 Å². The van der Waals surface area contributed by atoms with Crippen LogP contribution in [0.2, 0.25) is 0 Å². The van der Waals surface area contributed by atoms with Gasteiger partial charge < -0.3 is 20.6 Å². The zero-order valence-electron chi connectivity index (χ0n) is 29.7. The summed E-state index contributed by atoms with van der Waals surface area (Å²) in [6.07, 6.45) is 5.70. The van der Waals surface area contributed by atoms with Crippen molar-refractivity contribution in [3.05, 3.63) is 102 Å². The summed E-state index contributed by atoms with van der Waals surface area (Å²) in [7, 11) is 0. The molecular weight excluding hydrogens is 644 g/mol. The highest BCUT2D eigenvalue weighted by Gasteiger charge is 2.48. The van der Waals surface area contributed by atoms with Crippen molar-refractivity contribution in [2.45, 2.75) is 103 Å². The molecule has 1 aliphatic carbocycles. The molecule has 1 saturated carbocycles.